The first-order valence-electron chi connectivity index (χ1n) is 4.94. The molecule has 1 atom stereocenters. The molecule has 1 aromatic rings. The Morgan fingerprint density at radius 1 is 1.67 bits per heavy atom. The second-order valence-electron chi connectivity index (χ2n) is 3.86. The number of nitrogens with zero attached hydrogens (tertiary/aromatic N) is 1. The molecule has 1 unspecified atom stereocenters. The lowest BCUT2D eigenvalue weighted by atomic mass is 9.85. The van der Waals surface area contributed by atoms with Crippen LogP contribution in [0.15, 0.2) is 11.1 Å². The molecule has 0 saturated carbocycles. The van der Waals surface area contributed by atoms with Gasteiger partial charge in [-0.25, -0.2) is 4.98 Å². The molecule has 0 spiro atoms. The van der Waals surface area contributed by atoms with Crippen molar-refractivity contribution in [1.29, 1.82) is 0 Å². The summed E-state index contributed by atoms with van der Waals surface area (Å²) in [6.45, 7) is 0. The summed E-state index contributed by atoms with van der Waals surface area (Å²) < 4.78 is 0. The maximum Gasteiger partial charge on any atom is 0.303 e. The molecule has 1 aliphatic rings. The normalized spacial score (nSPS) is 19.6. The molecule has 0 aromatic carbocycles. The molecule has 1 heterocycles. The number of aromatic amines is 1. The van der Waals surface area contributed by atoms with Crippen LogP contribution < -0.4 is 5.56 Å². The Labute approximate surface area is 86.2 Å². The minimum absolute atomic E-state index is 0.0697. The van der Waals surface area contributed by atoms with Crippen LogP contribution in [0.3, 0.4) is 0 Å². The van der Waals surface area contributed by atoms with Crippen LogP contribution in [-0.4, -0.2) is 21.0 Å². The predicted molar refractivity (Wildman–Crippen MR) is 52.6 cm³/mol. The third kappa shape index (κ3) is 2.06. The lowest BCUT2D eigenvalue weighted by Crippen LogP contribution is -2.26. The van der Waals surface area contributed by atoms with Crippen molar-refractivity contribution in [3.8, 4) is 0 Å². The molecule has 80 valence electrons. The lowest BCUT2D eigenvalue weighted by molar-refractivity contribution is -0.138. The molecule has 15 heavy (non-hydrogen) atoms. The van der Waals surface area contributed by atoms with Crippen LogP contribution in [0, 0.1) is 5.92 Å². The van der Waals surface area contributed by atoms with Gasteiger partial charge in [-0.2, -0.15) is 0 Å². The number of rotatable bonds is 2. The molecule has 2 rings (SSSR count). The summed E-state index contributed by atoms with van der Waals surface area (Å²) in [6.07, 6.45) is 3.57. The molecule has 1 aromatic heterocycles. The van der Waals surface area contributed by atoms with E-state index >= 15 is 0 Å². The molecule has 0 bridgehead atoms. The number of carbonyl (C=O) groups is 1. The Bertz CT molecular complexity index is 439. The van der Waals surface area contributed by atoms with Crippen molar-refractivity contribution in [2.75, 3.05) is 0 Å². The van der Waals surface area contributed by atoms with E-state index in [9.17, 15) is 9.59 Å². The minimum Gasteiger partial charge on any atom is -0.481 e. The zero-order valence-electron chi connectivity index (χ0n) is 8.19. The first-order chi connectivity index (χ1) is 7.16. The van der Waals surface area contributed by atoms with Crippen LogP contribution in [0.4, 0.5) is 0 Å². The fourth-order valence-electron chi connectivity index (χ4n) is 2.04. The number of carboxylic acid groups (broad SMARTS) is 1. The van der Waals surface area contributed by atoms with Crippen molar-refractivity contribution in [3.63, 3.8) is 0 Å². The molecule has 0 fully saturated rings. The summed E-state index contributed by atoms with van der Waals surface area (Å²) in [4.78, 5) is 28.6. The van der Waals surface area contributed by atoms with Gasteiger partial charge in [0, 0.05) is 12.0 Å². The molecule has 5 heteroatoms. The average molecular weight is 208 g/mol. The maximum atomic E-state index is 11.5. The smallest absolute Gasteiger partial charge is 0.303 e. The van der Waals surface area contributed by atoms with Gasteiger partial charge in [-0.15, -0.1) is 0 Å². The van der Waals surface area contributed by atoms with Gasteiger partial charge in [-0.3, -0.25) is 9.59 Å². The Hall–Kier alpha value is -1.65. The van der Waals surface area contributed by atoms with E-state index in [0.29, 0.717) is 18.4 Å². The SMILES string of the molecule is O=C(O)CC1CCc2nc[nH]c(=O)c2C1. The van der Waals surface area contributed by atoms with Gasteiger partial charge < -0.3 is 10.1 Å². The van der Waals surface area contributed by atoms with E-state index in [1.165, 1.54) is 6.33 Å². The highest BCUT2D eigenvalue weighted by Gasteiger charge is 2.23. The van der Waals surface area contributed by atoms with E-state index in [0.717, 1.165) is 12.1 Å². The van der Waals surface area contributed by atoms with Gasteiger partial charge in [0.15, 0.2) is 0 Å². The predicted octanol–water partition coefficient (Wildman–Crippen LogP) is 0.349. The van der Waals surface area contributed by atoms with Crippen LogP contribution in [-0.2, 0) is 17.6 Å². The molecule has 5 nitrogen and oxygen atoms in total. The summed E-state index contributed by atoms with van der Waals surface area (Å²) in [5.41, 5.74) is 1.35. The van der Waals surface area contributed by atoms with Crippen LogP contribution in [0.1, 0.15) is 24.1 Å². The molecule has 0 amide bonds. The van der Waals surface area contributed by atoms with E-state index in [1.54, 1.807) is 0 Å². The first-order valence-corrected chi connectivity index (χ1v) is 4.94. The Balaban J connectivity index is 2.22. The van der Waals surface area contributed by atoms with E-state index < -0.39 is 5.97 Å². The number of aromatic nitrogens is 2. The molecule has 0 radical (unpaired) electrons. The second-order valence-corrected chi connectivity index (χ2v) is 3.86. The van der Waals surface area contributed by atoms with E-state index in [2.05, 4.69) is 9.97 Å². The van der Waals surface area contributed by atoms with E-state index in [-0.39, 0.29) is 17.9 Å². The number of aliphatic carboxylic acids is 1. The molecular formula is C10H12N2O3. The lowest BCUT2D eigenvalue weighted by Gasteiger charge is -2.21. The van der Waals surface area contributed by atoms with Gasteiger partial charge in [-0.05, 0) is 25.2 Å². The summed E-state index contributed by atoms with van der Waals surface area (Å²) >= 11 is 0. The molecular weight excluding hydrogens is 196 g/mol. The molecule has 0 aliphatic heterocycles. The number of nitrogens with one attached hydrogen (secondary N) is 1. The summed E-state index contributed by atoms with van der Waals surface area (Å²) in [5, 5.41) is 8.68. The van der Waals surface area contributed by atoms with Crippen LogP contribution in [0.25, 0.3) is 0 Å². The first kappa shape index (κ1) is 9.89. The fraction of sp³-hybridized carbons (Fsp3) is 0.500. The maximum absolute atomic E-state index is 11.5. The van der Waals surface area contributed by atoms with Crippen molar-refractivity contribution >= 4 is 5.97 Å². The summed E-state index contributed by atoms with van der Waals surface area (Å²) in [5.74, 6) is -0.732. The monoisotopic (exact) mass is 208 g/mol. The Morgan fingerprint density at radius 2 is 2.47 bits per heavy atom. The summed E-state index contributed by atoms with van der Waals surface area (Å²) in [7, 11) is 0. The van der Waals surface area contributed by atoms with Crippen molar-refractivity contribution in [3.05, 3.63) is 27.9 Å². The van der Waals surface area contributed by atoms with Gasteiger partial charge in [-0.1, -0.05) is 0 Å². The van der Waals surface area contributed by atoms with Gasteiger partial charge in [0.2, 0.25) is 0 Å². The van der Waals surface area contributed by atoms with E-state index in [1.807, 2.05) is 0 Å². The van der Waals surface area contributed by atoms with Gasteiger partial charge in [0.05, 0.1) is 12.0 Å². The molecule has 2 N–H and O–H groups in total. The third-order valence-electron chi connectivity index (χ3n) is 2.78. The zero-order valence-corrected chi connectivity index (χ0v) is 8.19. The van der Waals surface area contributed by atoms with Crippen LogP contribution in [0.2, 0.25) is 0 Å². The van der Waals surface area contributed by atoms with E-state index in [4.69, 9.17) is 5.11 Å². The van der Waals surface area contributed by atoms with Crippen molar-refractivity contribution in [2.24, 2.45) is 5.92 Å². The number of hydrogen-bond donors (Lipinski definition) is 2. The van der Waals surface area contributed by atoms with Crippen molar-refractivity contribution < 1.29 is 9.90 Å². The second kappa shape index (κ2) is 3.84. The quantitative estimate of drug-likeness (QED) is 0.734. The van der Waals surface area contributed by atoms with Crippen LogP contribution in [0.5, 0.6) is 0 Å². The van der Waals surface area contributed by atoms with Crippen molar-refractivity contribution in [2.45, 2.75) is 25.7 Å². The molecule has 0 saturated heterocycles. The zero-order chi connectivity index (χ0) is 10.8. The van der Waals surface area contributed by atoms with Crippen LogP contribution >= 0.6 is 0 Å². The average Bonchev–Trinajstić information content (AvgIpc) is 2.18. The Kier molecular flexibility index (Phi) is 2.53. The molecule has 1 aliphatic carbocycles. The fourth-order valence-corrected chi connectivity index (χ4v) is 2.04. The topological polar surface area (TPSA) is 83.0 Å². The van der Waals surface area contributed by atoms with Gasteiger partial charge >= 0.3 is 5.97 Å². The number of hydrogen-bond acceptors (Lipinski definition) is 3. The highest BCUT2D eigenvalue weighted by molar-refractivity contribution is 5.67. The highest BCUT2D eigenvalue weighted by atomic mass is 16.4. The number of fused-ring (bicyclic) bond motifs is 1. The highest BCUT2D eigenvalue weighted by Crippen LogP contribution is 2.23. The largest absolute Gasteiger partial charge is 0.481 e. The van der Waals surface area contributed by atoms with Gasteiger partial charge in [0.1, 0.15) is 0 Å². The number of H-pyrrole nitrogens is 1. The standard InChI is InChI=1S/C10H12N2O3/c13-9(14)4-6-1-2-8-7(3-6)10(15)12-5-11-8/h5-6H,1-4H2,(H,13,14)(H,11,12,15). The summed E-state index contributed by atoms with van der Waals surface area (Å²) in [6, 6.07) is 0. The Morgan fingerprint density at radius 3 is 3.20 bits per heavy atom. The van der Waals surface area contributed by atoms with Crippen molar-refractivity contribution in [1.82, 2.24) is 9.97 Å². The number of aryl methyl sites for hydroxylation is 1. The van der Waals surface area contributed by atoms with Gasteiger partial charge in [0.25, 0.3) is 5.56 Å². The third-order valence-corrected chi connectivity index (χ3v) is 2.78. The number of carboxylic acids is 1. The minimum atomic E-state index is -0.802.